The minimum absolute atomic E-state index is 0.206. The van der Waals surface area contributed by atoms with E-state index in [1.54, 1.807) is 42.5 Å². The minimum atomic E-state index is -1.12. The molecule has 1 saturated heterocycles. The first-order valence-corrected chi connectivity index (χ1v) is 10.9. The standard InChI is InChI=1S/C21H17Cl2NO5S2/c1-11(20(26)27)24-19(25)18(31-21(24)30)8-12-3-6-16(17(7-12)28-2)29-10-13-4-5-14(22)9-15(13)23/h3-9,11H,10H2,1-2H3,(H,26,27). The van der Waals surface area contributed by atoms with Crippen molar-refractivity contribution in [2.45, 2.75) is 19.6 Å². The van der Waals surface area contributed by atoms with Gasteiger partial charge >= 0.3 is 5.97 Å². The molecule has 10 heteroatoms. The molecule has 0 saturated carbocycles. The number of thioether (sulfide) groups is 1. The van der Waals surface area contributed by atoms with Gasteiger partial charge in [0, 0.05) is 15.6 Å². The molecule has 0 radical (unpaired) electrons. The number of carbonyl (C=O) groups is 2. The average Bonchev–Trinajstić information content (AvgIpc) is 3.00. The lowest BCUT2D eigenvalue weighted by molar-refractivity contribution is -0.144. The second-order valence-electron chi connectivity index (χ2n) is 6.50. The van der Waals surface area contributed by atoms with Crippen molar-refractivity contribution < 1.29 is 24.2 Å². The molecular formula is C21H17Cl2NO5S2. The summed E-state index contributed by atoms with van der Waals surface area (Å²) in [6, 6.07) is 9.31. The van der Waals surface area contributed by atoms with E-state index in [0.717, 1.165) is 22.2 Å². The summed E-state index contributed by atoms with van der Waals surface area (Å²) in [4.78, 5) is 25.3. The number of thiocarbonyl (C=S) groups is 1. The Morgan fingerprint density at radius 1 is 1.26 bits per heavy atom. The zero-order valence-electron chi connectivity index (χ0n) is 16.4. The molecule has 1 aliphatic heterocycles. The number of hydrogen-bond acceptors (Lipinski definition) is 6. The van der Waals surface area contributed by atoms with Gasteiger partial charge in [-0.15, -0.1) is 0 Å². The van der Waals surface area contributed by atoms with Crippen molar-refractivity contribution in [2.75, 3.05) is 7.11 Å². The van der Waals surface area contributed by atoms with Crippen molar-refractivity contribution in [1.82, 2.24) is 4.90 Å². The summed E-state index contributed by atoms with van der Waals surface area (Å²) >= 11 is 18.3. The summed E-state index contributed by atoms with van der Waals surface area (Å²) in [7, 11) is 1.51. The minimum Gasteiger partial charge on any atom is -0.493 e. The van der Waals surface area contributed by atoms with E-state index in [1.165, 1.54) is 14.0 Å². The van der Waals surface area contributed by atoms with Crippen LogP contribution in [0, 0.1) is 0 Å². The van der Waals surface area contributed by atoms with Crippen LogP contribution in [0.5, 0.6) is 11.5 Å². The molecule has 31 heavy (non-hydrogen) atoms. The molecule has 1 fully saturated rings. The van der Waals surface area contributed by atoms with E-state index in [0.29, 0.717) is 32.0 Å². The maximum absolute atomic E-state index is 12.6. The molecule has 1 atom stereocenters. The van der Waals surface area contributed by atoms with Gasteiger partial charge in [-0.2, -0.15) is 0 Å². The number of ether oxygens (including phenoxy) is 2. The highest BCUT2D eigenvalue weighted by atomic mass is 35.5. The SMILES string of the molecule is COc1cc(C=C2SC(=S)N(C(C)C(=O)O)C2=O)ccc1OCc1ccc(Cl)cc1Cl. The molecular weight excluding hydrogens is 481 g/mol. The molecule has 1 unspecified atom stereocenters. The van der Waals surface area contributed by atoms with Crippen LogP contribution in [0.3, 0.4) is 0 Å². The first-order chi connectivity index (χ1) is 14.7. The fraction of sp³-hybridized carbons (Fsp3) is 0.190. The number of amides is 1. The maximum atomic E-state index is 12.6. The third kappa shape index (κ3) is 5.33. The van der Waals surface area contributed by atoms with Crippen LogP contribution in [-0.2, 0) is 16.2 Å². The van der Waals surface area contributed by atoms with Crippen LogP contribution in [0.1, 0.15) is 18.1 Å². The Morgan fingerprint density at radius 2 is 2.00 bits per heavy atom. The summed E-state index contributed by atoms with van der Waals surface area (Å²) in [5.74, 6) is -0.603. The van der Waals surface area contributed by atoms with Crippen LogP contribution in [0.4, 0.5) is 0 Å². The number of nitrogens with zero attached hydrogens (tertiary/aromatic N) is 1. The van der Waals surface area contributed by atoms with Crippen molar-refractivity contribution in [3.8, 4) is 11.5 Å². The Hall–Kier alpha value is -2.26. The van der Waals surface area contributed by atoms with Crippen molar-refractivity contribution in [3.05, 3.63) is 62.5 Å². The summed E-state index contributed by atoms with van der Waals surface area (Å²) in [5.41, 5.74) is 1.45. The number of carbonyl (C=O) groups excluding carboxylic acids is 1. The van der Waals surface area contributed by atoms with Crippen LogP contribution >= 0.6 is 47.2 Å². The van der Waals surface area contributed by atoms with Gasteiger partial charge in [0.25, 0.3) is 5.91 Å². The number of carboxylic acid groups (broad SMARTS) is 1. The number of benzene rings is 2. The summed E-state index contributed by atoms with van der Waals surface area (Å²) in [5, 5.41) is 10.2. The van der Waals surface area contributed by atoms with E-state index in [2.05, 4.69) is 0 Å². The lowest BCUT2D eigenvalue weighted by Gasteiger charge is -2.18. The van der Waals surface area contributed by atoms with Gasteiger partial charge < -0.3 is 14.6 Å². The van der Waals surface area contributed by atoms with Gasteiger partial charge in [0.1, 0.15) is 17.0 Å². The van der Waals surface area contributed by atoms with Crippen LogP contribution in [0.15, 0.2) is 41.3 Å². The Balaban J connectivity index is 1.79. The third-order valence-electron chi connectivity index (χ3n) is 4.45. The Labute approximate surface area is 198 Å². The third-order valence-corrected chi connectivity index (χ3v) is 6.37. The monoisotopic (exact) mass is 497 g/mol. The molecule has 0 aromatic heterocycles. The highest BCUT2D eigenvalue weighted by Crippen LogP contribution is 2.36. The van der Waals surface area contributed by atoms with Gasteiger partial charge in [0.05, 0.1) is 12.0 Å². The summed E-state index contributed by atoms with van der Waals surface area (Å²) in [6.45, 7) is 1.63. The first-order valence-electron chi connectivity index (χ1n) is 8.96. The van der Waals surface area contributed by atoms with E-state index in [9.17, 15) is 14.7 Å². The molecule has 162 valence electrons. The summed E-state index contributed by atoms with van der Waals surface area (Å²) in [6.07, 6.45) is 1.64. The number of rotatable bonds is 7. The molecule has 1 aliphatic rings. The van der Waals surface area contributed by atoms with E-state index >= 15 is 0 Å². The second-order valence-corrected chi connectivity index (χ2v) is 9.02. The van der Waals surface area contributed by atoms with Gasteiger partial charge in [0.2, 0.25) is 0 Å². The number of methoxy groups -OCH3 is 1. The highest BCUT2D eigenvalue weighted by Gasteiger charge is 2.38. The largest absolute Gasteiger partial charge is 0.493 e. The fourth-order valence-corrected chi connectivity index (χ4v) is 4.64. The smallest absolute Gasteiger partial charge is 0.326 e. The van der Waals surface area contributed by atoms with Gasteiger partial charge in [-0.1, -0.05) is 59.3 Å². The normalized spacial score (nSPS) is 16.0. The molecule has 0 aliphatic carbocycles. The molecule has 1 heterocycles. The van der Waals surface area contributed by atoms with Crippen LogP contribution in [0.25, 0.3) is 6.08 Å². The van der Waals surface area contributed by atoms with Crippen LogP contribution in [0.2, 0.25) is 10.0 Å². The van der Waals surface area contributed by atoms with E-state index in [4.69, 9.17) is 44.9 Å². The van der Waals surface area contributed by atoms with Crippen molar-refractivity contribution in [1.29, 1.82) is 0 Å². The topological polar surface area (TPSA) is 76.1 Å². The summed E-state index contributed by atoms with van der Waals surface area (Å²) < 4.78 is 11.5. The molecule has 2 aromatic rings. The Morgan fingerprint density at radius 3 is 2.65 bits per heavy atom. The quantitative estimate of drug-likeness (QED) is 0.413. The second kappa shape index (κ2) is 9.91. The zero-order chi connectivity index (χ0) is 22.7. The molecule has 1 N–H and O–H groups in total. The first kappa shape index (κ1) is 23.4. The Kier molecular flexibility index (Phi) is 7.48. The molecule has 1 amide bonds. The average molecular weight is 498 g/mol. The fourth-order valence-electron chi connectivity index (χ4n) is 2.76. The van der Waals surface area contributed by atoms with E-state index in [1.807, 2.05) is 0 Å². The van der Waals surface area contributed by atoms with Crippen LogP contribution in [-0.4, -0.2) is 39.4 Å². The van der Waals surface area contributed by atoms with Crippen molar-refractivity contribution >= 4 is 69.5 Å². The van der Waals surface area contributed by atoms with Gasteiger partial charge in [-0.3, -0.25) is 9.69 Å². The lowest BCUT2D eigenvalue weighted by atomic mass is 10.1. The molecule has 6 nitrogen and oxygen atoms in total. The molecule has 2 aromatic carbocycles. The predicted octanol–water partition coefficient (Wildman–Crippen LogP) is 5.26. The van der Waals surface area contributed by atoms with Crippen molar-refractivity contribution in [2.24, 2.45) is 0 Å². The zero-order valence-corrected chi connectivity index (χ0v) is 19.6. The van der Waals surface area contributed by atoms with Gasteiger partial charge in [-0.25, -0.2) is 4.79 Å². The van der Waals surface area contributed by atoms with Gasteiger partial charge in [0.15, 0.2) is 11.5 Å². The molecule has 0 bridgehead atoms. The van der Waals surface area contributed by atoms with Crippen LogP contribution < -0.4 is 9.47 Å². The number of carboxylic acids is 1. The predicted molar refractivity (Wildman–Crippen MR) is 126 cm³/mol. The molecule has 3 rings (SSSR count). The van der Waals surface area contributed by atoms with E-state index < -0.39 is 17.9 Å². The maximum Gasteiger partial charge on any atom is 0.326 e. The number of halogens is 2. The number of hydrogen-bond donors (Lipinski definition) is 1. The van der Waals surface area contributed by atoms with Crippen molar-refractivity contribution in [3.63, 3.8) is 0 Å². The Bertz CT molecular complexity index is 1090. The number of aliphatic carboxylic acids is 1. The van der Waals surface area contributed by atoms with E-state index in [-0.39, 0.29) is 10.9 Å². The molecule has 0 spiro atoms. The lowest BCUT2D eigenvalue weighted by Crippen LogP contribution is -2.41. The highest BCUT2D eigenvalue weighted by molar-refractivity contribution is 8.26. The van der Waals surface area contributed by atoms with Gasteiger partial charge in [-0.05, 0) is 42.8 Å².